The lowest BCUT2D eigenvalue weighted by atomic mass is 10.2. The van der Waals surface area contributed by atoms with Crippen molar-refractivity contribution in [1.82, 2.24) is 9.21 Å². The van der Waals surface area contributed by atoms with Crippen molar-refractivity contribution in [3.8, 4) is 0 Å². The summed E-state index contributed by atoms with van der Waals surface area (Å²) in [4.78, 5) is 13.8. The number of piperazine rings is 1. The van der Waals surface area contributed by atoms with Crippen LogP contribution in [-0.2, 0) is 14.8 Å². The molecular formula is C14H19ClN2O3S. The van der Waals surface area contributed by atoms with Gasteiger partial charge in [-0.15, -0.1) is 0 Å². The van der Waals surface area contributed by atoms with E-state index in [0.717, 1.165) is 0 Å². The molecule has 21 heavy (non-hydrogen) atoms. The SMILES string of the molecule is CC(C)C(=O)N1CCN(S(=O)(=O)c2cccc(Cl)c2)CC1. The Kier molecular flexibility index (Phi) is 4.91. The first-order valence-electron chi connectivity index (χ1n) is 6.87. The highest BCUT2D eigenvalue weighted by molar-refractivity contribution is 7.89. The summed E-state index contributed by atoms with van der Waals surface area (Å²) < 4.78 is 26.4. The number of hydrogen-bond donors (Lipinski definition) is 0. The maximum Gasteiger partial charge on any atom is 0.243 e. The lowest BCUT2D eigenvalue weighted by Gasteiger charge is -2.34. The van der Waals surface area contributed by atoms with Gasteiger partial charge in [-0.1, -0.05) is 31.5 Å². The van der Waals surface area contributed by atoms with Gasteiger partial charge in [0.05, 0.1) is 4.90 Å². The van der Waals surface area contributed by atoms with Crippen LogP contribution in [0.25, 0.3) is 0 Å². The first-order valence-corrected chi connectivity index (χ1v) is 8.68. The molecule has 1 fully saturated rings. The largest absolute Gasteiger partial charge is 0.340 e. The molecule has 116 valence electrons. The summed E-state index contributed by atoms with van der Waals surface area (Å²) in [6.07, 6.45) is 0. The zero-order valence-corrected chi connectivity index (χ0v) is 13.7. The molecule has 1 saturated heterocycles. The molecule has 0 radical (unpaired) electrons. The molecule has 0 N–H and O–H groups in total. The predicted octanol–water partition coefficient (Wildman–Crippen LogP) is 1.83. The number of amides is 1. The number of nitrogens with zero attached hydrogens (tertiary/aromatic N) is 2. The van der Waals surface area contributed by atoms with Crippen molar-refractivity contribution in [2.45, 2.75) is 18.7 Å². The summed E-state index contributed by atoms with van der Waals surface area (Å²) in [5.74, 6) is -0.00380. The van der Waals surface area contributed by atoms with Gasteiger partial charge in [0, 0.05) is 37.1 Å². The van der Waals surface area contributed by atoms with Crippen LogP contribution >= 0.6 is 11.6 Å². The maximum absolute atomic E-state index is 12.5. The number of carbonyl (C=O) groups excluding carboxylic acids is 1. The van der Waals surface area contributed by atoms with Crippen LogP contribution in [-0.4, -0.2) is 49.7 Å². The van der Waals surface area contributed by atoms with Crippen LogP contribution < -0.4 is 0 Å². The summed E-state index contributed by atoms with van der Waals surface area (Å²) in [7, 11) is -3.54. The standard InChI is InChI=1S/C14H19ClN2O3S/c1-11(2)14(18)16-6-8-17(9-7-16)21(19,20)13-5-3-4-12(15)10-13/h3-5,10-11H,6-9H2,1-2H3. The van der Waals surface area contributed by atoms with E-state index in [1.165, 1.54) is 16.4 Å². The van der Waals surface area contributed by atoms with Gasteiger partial charge in [0.2, 0.25) is 15.9 Å². The van der Waals surface area contributed by atoms with Gasteiger partial charge in [-0.3, -0.25) is 4.79 Å². The van der Waals surface area contributed by atoms with Crippen LogP contribution in [0.3, 0.4) is 0 Å². The fourth-order valence-electron chi connectivity index (χ4n) is 2.29. The average Bonchev–Trinajstić information content (AvgIpc) is 2.46. The molecule has 0 aliphatic carbocycles. The van der Waals surface area contributed by atoms with Crippen molar-refractivity contribution >= 4 is 27.5 Å². The summed E-state index contributed by atoms with van der Waals surface area (Å²) >= 11 is 5.85. The zero-order valence-electron chi connectivity index (χ0n) is 12.1. The van der Waals surface area contributed by atoms with Crippen molar-refractivity contribution < 1.29 is 13.2 Å². The number of sulfonamides is 1. The van der Waals surface area contributed by atoms with E-state index in [4.69, 9.17) is 11.6 Å². The number of halogens is 1. The second-order valence-corrected chi connectivity index (χ2v) is 7.72. The van der Waals surface area contributed by atoms with Crippen LogP contribution in [0.5, 0.6) is 0 Å². The molecule has 1 aromatic carbocycles. The van der Waals surface area contributed by atoms with Crippen LogP contribution in [0.1, 0.15) is 13.8 Å². The molecule has 0 aromatic heterocycles. The zero-order chi connectivity index (χ0) is 15.6. The van der Waals surface area contributed by atoms with Crippen molar-refractivity contribution in [2.75, 3.05) is 26.2 Å². The highest BCUT2D eigenvalue weighted by Gasteiger charge is 2.30. The Hall–Kier alpha value is -1.11. The van der Waals surface area contributed by atoms with Crippen LogP contribution in [0.4, 0.5) is 0 Å². The number of rotatable bonds is 3. The molecule has 0 bridgehead atoms. The van der Waals surface area contributed by atoms with E-state index >= 15 is 0 Å². The van der Waals surface area contributed by atoms with E-state index in [2.05, 4.69) is 0 Å². The fraction of sp³-hybridized carbons (Fsp3) is 0.500. The van der Waals surface area contributed by atoms with Crippen molar-refractivity contribution in [3.05, 3.63) is 29.3 Å². The summed E-state index contributed by atoms with van der Waals surface area (Å²) in [6, 6.07) is 6.24. The fourth-order valence-corrected chi connectivity index (χ4v) is 4.01. The van der Waals surface area contributed by atoms with Crippen LogP contribution in [0.2, 0.25) is 5.02 Å². The van der Waals surface area contributed by atoms with Gasteiger partial charge in [0.25, 0.3) is 0 Å². The topological polar surface area (TPSA) is 57.7 Å². The number of carbonyl (C=O) groups is 1. The second-order valence-electron chi connectivity index (χ2n) is 5.34. The minimum Gasteiger partial charge on any atom is -0.340 e. The smallest absolute Gasteiger partial charge is 0.243 e. The number of benzene rings is 1. The molecule has 7 heteroatoms. The first-order chi connectivity index (χ1) is 9.82. The number of hydrogen-bond acceptors (Lipinski definition) is 3. The monoisotopic (exact) mass is 330 g/mol. The van der Waals surface area contributed by atoms with E-state index in [0.29, 0.717) is 31.2 Å². The lowest BCUT2D eigenvalue weighted by molar-refractivity contribution is -0.135. The molecule has 0 unspecified atom stereocenters. The predicted molar refractivity (Wildman–Crippen MR) is 81.6 cm³/mol. The molecule has 0 saturated carbocycles. The Morgan fingerprint density at radius 3 is 2.33 bits per heavy atom. The van der Waals surface area contributed by atoms with Gasteiger partial charge in [-0.05, 0) is 18.2 Å². The Morgan fingerprint density at radius 1 is 1.19 bits per heavy atom. The summed E-state index contributed by atoms with van der Waals surface area (Å²) in [6.45, 7) is 5.17. The maximum atomic E-state index is 12.5. The quantitative estimate of drug-likeness (QED) is 0.849. The van der Waals surface area contributed by atoms with E-state index in [9.17, 15) is 13.2 Å². The van der Waals surface area contributed by atoms with Gasteiger partial charge in [0.15, 0.2) is 0 Å². The molecule has 1 heterocycles. The molecule has 1 aromatic rings. The van der Waals surface area contributed by atoms with Crippen LogP contribution in [0.15, 0.2) is 29.2 Å². The Labute approximate surface area is 130 Å². The highest BCUT2D eigenvalue weighted by Crippen LogP contribution is 2.21. The van der Waals surface area contributed by atoms with E-state index < -0.39 is 10.0 Å². The third-order valence-corrected chi connectivity index (χ3v) is 5.61. The van der Waals surface area contributed by atoms with E-state index in [1.54, 1.807) is 17.0 Å². The van der Waals surface area contributed by atoms with Crippen LogP contribution in [0, 0.1) is 5.92 Å². The van der Waals surface area contributed by atoms with Gasteiger partial charge >= 0.3 is 0 Å². The normalized spacial score (nSPS) is 17.2. The molecule has 0 spiro atoms. The highest BCUT2D eigenvalue weighted by atomic mass is 35.5. The Bertz CT molecular complexity index is 623. The van der Waals surface area contributed by atoms with Gasteiger partial charge < -0.3 is 4.90 Å². The molecular weight excluding hydrogens is 312 g/mol. The Morgan fingerprint density at radius 2 is 1.81 bits per heavy atom. The van der Waals surface area contributed by atoms with Gasteiger partial charge in [0.1, 0.15) is 0 Å². The summed E-state index contributed by atoms with van der Waals surface area (Å²) in [5, 5.41) is 0.393. The lowest BCUT2D eigenvalue weighted by Crippen LogP contribution is -2.51. The minimum absolute atomic E-state index is 0.0646. The van der Waals surface area contributed by atoms with Crippen molar-refractivity contribution in [2.24, 2.45) is 5.92 Å². The van der Waals surface area contributed by atoms with E-state index in [1.807, 2.05) is 13.8 Å². The first kappa shape index (κ1) is 16.3. The van der Waals surface area contributed by atoms with Crippen molar-refractivity contribution in [1.29, 1.82) is 0 Å². The molecule has 1 aliphatic rings. The van der Waals surface area contributed by atoms with Gasteiger partial charge in [-0.2, -0.15) is 4.31 Å². The third-order valence-electron chi connectivity index (χ3n) is 3.48. The molecule has 0 atom stereocenters. The molecule has 1 amide bonds. The molecule has 1 aliphatic heterocycles. The second kappa shape index (κ2) is 6.34. The molecule has 2 rings (SSSR count). The van der Waals surface area contributed by atoms with Crippen molar-refractivity contribution in [3.63, 3.8) is 0 Å². The van der Waals surface area contributed by atoms with Gasteiger partial charge in [-0.25, -0.2) is 8.42 Å². The summed E-state index contributed by atoms with van der Waals surface area (Å²) in [5.41, 5.74) is 0. The van der Waals surface area contributed by atoms with E-state index in [-0.39, 0.29) is 16.7 Å². The third kappa shape index (κ3) is 3.56. The Balaban J connectivity index is 2.10. The minimum atomic E-state index is -3.54. The molecule has 5 nitrogen and oxygen atoms in total. The average molecular weight is 331 g/mol.